The van der Waals surface area contributed by atoms with Crippen LogP contribution in [0.5, 0.6) is 0 Å². The van der Waals surface area contributed by atoms with E-state index in [2.05, 4.69) is 15.4 Å². The molecule has 1 aromatic rings. The summed E-state index contributed by atoms with van der Waals surface area (Å²) in [5.41, 5.74) is 0.308. The van der Waals surface area contributed by atoms with Crippen molar-refractivity contribution in [2.24, 2.45) is 0 Å². The Hall–Kier alpha value is -1.44. The molecule has 3 N–H and O–H groups in total. The number of amides is 1. The summed E-state index contributed by atoms with van der Waals surface area (Å²) < 4.78 is 26.2. The summed E-state index contributed by atoms with van der Waals surface area (Å²) in [6.45, 7) is 0.814. The molecule has 1 atom stereocenters. The Kier molecular flexibility index (Phi) is 5.33. The maximum absolute atomic E-state index is 12.3. The molecule has 1 aromatic carbocycles. The van der Waals surface area contributed by atoms with Crippen LogP contribution < -0.4 is 15.4 Å². The highest BCUT2D eigenvalue weighted by Crippen LogP contribution is 2.21. The number of hydrogen-bond donors (Lipinski definition) is 3. The molecule has 0 aliphatic carbocycles. The second-order valence-electron chi connectivity index (χ2n) is 5.05. The van der Waals surface area contributed by atoms with Crippen molar-refractivity contribution in [2.75, 3.05) is 18.9 Å². The molecule has 1 saturated heterocycles. The molecule has 7 heteroatoms. The van der Waals surface area contributed by atoms with Crippen LogP contribution in [0.3, 0.4) is 0 Å². The summed E-state index contributed by atoms with van der Waals surface area (Å²) in [6.07, 6.45) is 3.95. The largest absolute Gasteiger partial charge is 0.324 e. The van der Waals surface area contributed by atoms with E-state index in [9.17, 15) is 13.2 Å². The van der Waals surface area contributed by atoms with E-state index in [1.54, 1.807) is 18.2 Å². The maximum Gasteiger partial charge on any atom is 0.242 e. The highest BCUT2D eigenvalue weighted by molar-refractivity contribution is 7.89. The third kappa shape index (κ3) is 4.03. The number of hydrogen-bond acceptors (Lipinski definition) is 4. The van der Waals surface area contributed by atoms with Gasteiger partial charge in [-0.2, -0.15) is 0 Å². The molecule has 21 heavy (non-hydrogen) atoms. The molecular formula is C14H21N3O3S. The smallest absolute Gasteiger partial charge is 0.242 e. The molecule has 1 heterocycles. The Morgan fingerprint density at radius 3 is 2.76 bits per heavy atom. The van der Waals surface area contributed by atoms with Crippen molar-refractivity contribution in [1.29, 1.82) is 0 Å². The maximum atomic E-state index is 12.3. The van der Waals surface area contributed by atoms with Crippen molar-refractivity contribution in [2.45, 2.75) is 36.6 Å². The van der Waals surface area contributed by atoms with Crippen molar-refractivity contribution >= 4 is 21.6 Å². The number of carbonyl (C=O) groups is 1. The van der Waals surface area contributed by atoms with Gasteiger partial charge in [0.2, 0.25) is 15.9 Å². The molecule has 1 aliphatic rings. The first-order chi connectivity index (χ1) is 10.0. The van der Waals surface area contributed by atoms with E-state index >= 15 is 0 Å². The number of sulfonamides is 1. The van der Waals surface area contributed by atoms with Crippen molar-refractivity contribution in [3.63, 3.8) is 0 Å². The van der Waals surface area contributed by atoms with E-state index in [4.69, 9.17) is 0 Å². The van der Waals surface area contributed by atoms with E-state index < -0.39 is 10.0 Å². The third-order valence-corrected chi connectivity index (χ3v) is 5.05. The minimum absolute atomic E-state index is 0.0782. The first kappa shape index (κ1) is 15.9. The van der Waals surface area contributed by atoms with Crippen molar-refractivity contribution in [3.05, 3.63) is 24.3 Å². The van der Waals surface area contributed by atoms with Gasteiger partial charge >= 0.3 is 0 Å². The highest BCUT2D eigenvalue weighted by Gasteiger charge is 2.22. The lowest BCUT2D eigenvalue weighted by Crippen LogP contribution is -2.40. The molecule has 0 aromatic heterocycles. The number of rotatable bonds is 4. The summed E-state index contributed by atoms with van der Waals surface area (Å²) in [5.74, 6) is -0.185. The van der Waals surface area contributed by atoms with Gasteiger partial charge in [-0.3, -0.25) is 4.79 Å². The van der Waals surface area contributed by atoms with Gasteiger partial charge in [-0.25, -0.2) is 13.1 Å². The predicted molar refractivity (Wildman–Crippen MR) is 81.6 cm³/mol. The fraction of sp³-hybridized carbons (Fsp3) is 0.500. The summed E-state index contributed by atoms with van der Waals surface area (Å²) in [6, 6.07) is 6.13. The molecule has 1 aliphatic heterocycles. The quantitative estimate of drug-likeness (QED) is 0.776. The molecular weight excluding hydrogens is 290 g/mol. The van der Waals surface area contributed by atoms with Crippen LogP contribution in [-0.2, 0) is 14.8 Å². The van der Waals surface area contributed by atoms with Gasteiger partial charge < -0.3 is 10.6 Å². The summed E-state index contributed by atoms with van der Waals surface area (Å²) in [7, 11) is -2.25. The van der Waals surface area contributed by atoms with Crippen molar-refractivity contribution in [3.8, 4) is 0 Å². The Balaban J connectivity index is 2.17. The van der Waals surface area contributed by atoms with Crippen LogP contribution in [0.1, 0.15) is 25.7 Å². The van der Waals surface area contributed by atoms with Gasteiger partial charge in [-0.1, -0.05) is 25.0 Å². The lowest BCUT2D eigenvalue weighted by atomic mass is 10.1. The zero-order chi connectivity index (χ0) is 15.3. The van der Waals surface area contributed by atoms with E-state index in [0.717, 1.165) is 32.2 Å². The molecule has 116 valence electrons. The molecule has 6 nitrogen and oxygen atoms in total. The van der Waals surface area contributed by atoms with Crippen LogP contribution in [0.2, 0.25) is 0 Å². The van der Waals surface area contributed by atoms with E-state index in [1.165, 1.54) is 13.1 Å². The summed E-state index contributed by atoms with van der Waals surface area (Å²) in [4.78, 5) is 12.4. The highest BCUT2D eigenvalue weighted by atomic mass is 32.2. The normalized spacial score (nSPS) is 19.8. The standard InChI is InChI=1S/C14H21N3O3S/c1-15-21(19,20)13-9-5-4-7-11(13)17-14(18)12-8-3-2-6-10-16-12/h4-5,7,9,12,15-16H,2-3,6,8,10H2,1H3,(H,17,18). The number of benzene rings is 1. The molecule has 1 amide bonds. The molecule has 1 fully saturated rings. The second-order valence-corrected chi connectivity index (χ2v) is 6.90. The Bertz CT molecular complexity index is 593. The van der Waals surface area contributed by atoms with Crippen molar-refractivity contribution in [1.82, 2.24) is 10.0 Å². The van der Waals surface area contributed by atoms with Crippen LogP contribution in [0.25, 0.3) is 0 Å². The van der Waals surface area contributed by atoms with Gasteiger partial charge in [0.1, 0.15) is 4.90 Å². The first-order valence-electron chi connectivity index (χ1n) is 7.11. The van der Waals surface area contributed by atoms with Crippen molar-refractivity contribution < 1.29 is 13.2 Å². The predicted octanol–water partition coefficient (Wildman–Crippen LogP) is 1.07. The fourth-order valence-electron chi connectivity index (χ4n) is 2.39. The average Bonchev–Trinajstić information content (AvgIpc) is 2.77. The van der Waals surface area contributed by atoms with E-state index in [1.807, 2.05) is 0 Å². The van der Waals surface area contributed by atoms with Gasteiger partial charge in [0, 0.05) is 0 Å². The molecule has 0 radical (unpaired) electrons. The van der Waals surface area contributed by atoms with Crippen LogP contribution in [0, 0.1) is 0 Å². The van der Waals surface area contributed by atoms with Gasteiger partial charge in [0.25, 0.3) is 0 Å². The van der Waals surface area contributed by atoms with Crippen LogP contribution in [0.4, 0.5) is 5.69 Å². The van der Waals surface area contributed by atoms with Gasteiger partial charge in [-0.15, -0.1) is 0 Å². The zero-order valence-electron chi connectivity index (χ0n) is 12.1. The Morgan fingerprint density at radius 2 is 2.00 bits per heavy atom. The molecule has 0 bridgehead atoms. The SMILES string of the molecule is CNS(=O)(=O)c1ccccc1NC(=O)C1CCCCCN1. The third-order valence-electron chi connectivity index (χ3n) is 3.58. The average molecular weight is 311 g/mol. The first-order valence-corrected chi connectivity index (χ1v) is 8.60. The van der Waals surface area contributed by atoms with E-state index in [0.29, 0.717) is 5.69 Å². The lowest BCUT2D eigenvalue weighted by Gasteiger charge is -2.17. The number of para-hydroxylation sites is 1. The number of anilines is 1. The number of carbonyl (C=O) groups excluding carboxylic acids is 1. The van der Waals surface area contributed by atoms with Crippen LogP contribution in [-0.4, -0.2) is 34.0 Å². The molecule has 0 spiro atoms. The monoisotopic (exact) mass is 311 g/mol. The summed E-state index contributed by atoms with van der Waals surface area (Å²) in [5, 5.41) is 5.92. The van der Waals surface area contributed by atoms with Gasteiger partial charge in [0.05, 0.1) is 11.7 Å². The zero-order valence-corrected chi connectivity index (χ0v) is 12.9. The Labute approximate surface area is 125 Å². The van der Waals surface area contributed by atoms with Gasteiger partial charge in [0.15, 0.2) is 0 Å². The van der Waals surface area contributed by atoms with Crippen LogP contribution >= 0.6 is 0 Å². The van der Waals surface area contributed by atoms with E-state index in [-0.39, 0.29) is 16.8 Å². The minimum Gasteiger partial charge on any atom is -0.324 e. The number of nitrogens with one attached hydrogen (secondary N) is 3. The topological polar surface area (TPSA) is 87.3 Å². The molecule has 1 unspecified atom stereocenters. The molecule has 2 rings (SSSR count). The second kappa shape index (κ2) is 7.02. The molecule has 0 saturated carbocycles. The summed E-state index contributed by atoms with van der Waals surface area (Å²) >= 11 is 0. The minimum atomic E-state index is -3.60. The lowest BCUT2D eigenvalue weighted by molar-refractivity contribution is -0.118. The Morgan fingerprint density at radius 1 is 1.24 bits per heavy atom. The van der Waals surface area contributed by atoms with Gasteiger partial charge in [-0.05, 0) is 38.6 Å². The fourth-order valence-corrected chi connectivity index (χ4v) is 3.27. The van der Waals surface area contributed by atoms with Crippen LogP contribution in [0.15, 0.2) is 29.2 Å².